The van der Waals surface area contributed by atoms with Crippen LogP contribution in [-0.2, 0) is 14.8 Å². The van der Waals surface area contributed by atoms with E-state index in [4.69, 9.17) is 4.74 Å². The highest BCUT2D eigenvalue weighted by Gasteiger charge is 2.31. The number of nitrogens with zero attached hydrogens (tertiary/aromatic N) is 1. The van der Waals surface area contributed by atoms with Crippen LogP contribution in [0.4, 0.5) is 0 Å². The van der Waals surface area contributed by atoms with Crippen LogP contribution >= 0.6 is 0 Å². The van der Waals surface area contributed by atoms with Crippen molar-refractivity contribution in [2.45, 2.75) is 25.2 Å². The van der Waals surface area contributed by atoms with Crippen LogP contribution in [0.5, 0.6) is 0 Å². The van der Waals surface area contributed by atoms with Gasteiger partial charge in [-0.2, -0.15) is 4.31 Å². The molecule has 1 aliphatic heterocycles. The molecule has 100 valence electrons. The third-order valence-electron chi connectivity index (χ3n) is 3.16. The van der Waals surface area contributed by atoms with Gasteiger partial charge in [0.05, 0.1) is 18.0 Å². The lowest BCUT2D eigenvalue weighted by molar-refractivity contribution is -0.00274. The number of ether oxygens (including phenoxy) is 1. The molecular formula is C13H19NO3S. The molecule has 0 bridgehead atoms. The molecule has 0 N–H and O–H groups in total. The summed E-state index contributed by atoms with van der Waals surface area (Å²) in [5.74, 6) is 0. The lowest BCUT2D eigenvalue weighted by Crippen LogP contribution is -2.45. The van der Waals surface area contributed by atoms with Crippen molar-refractivity contribution in [3.05, 3.63) is 35.9 Å². The van der Waals surface area contributed by atoms with Crippen LogP contribution in [0.25, 0.3) is 0 Å². The molecule has 1 fully saturated rings. The van der Waals surface area contributed by atoms with Crippen LogP contribution < -0.4 is 0 Å². The minimum Gasteiger partial charge on any atom is -0.371 e. The van der Waals surface area contributed by atoms with Gasteiger partial charge in [-0.1, -0.05) is 30.3 Å². The Labute approximate surface area is 109 Å². The molecule has 1 aromatic carbocycles. The largest absolute Gasteiger partial charge is 0.371 e. The van der Waals surface area contributed by atoms with Gasteiger partial charge in [0.15, 0.2) is 0 Å². The predicted octanol–water partition coefficient (Wildman–Crippen LogP) is 1.80. The van der Waals surface area contributed by atoms with Gasteiger partial charge in [-0.15, -0.1) is 0 Å². The van der Waals surface area contributed by atoms with Crippen molar-refractivity contribution < 1.29 is 13.2 Å². The zero-order valence-corrected chi connectivity index (χ0v) is 11.6. The standard InChI is InChI=1S/C13H19NO3S/c1-11(2)18(15,16)14-8-9-17-13(10-14)12-6-4-3-5-7-12/h3-7,11,13H,8-10H2,1-2H3. The molecule has 1 atom stereocenters. The molecule has 1 aromatic rings. The van der Waals surface area contributed by atoms with E-state index in [0.717, 1.165) is 5.56 Å². The molecular weight excluding hydrogens is 250 g/mol. The van der Waals surface area contributed by atoms with E-state index in [0.29, 0.717) is 19.7 Å². The molecule has 0 aromatic heterocycles. The monoisotopic (exact) mass is 269 g/mol. The summed E-state index contributed by atoms with van der Waals surface area (Å²) >= 11 is 0. The number of hydrogen-bond donors (Lipinski definition) is 0. The Hall–Kier alpha value is -0.910. The van der Waals surface area contributed by atoms with Crippen LogP contribution in [0.1, 0.15) is 25.5 Å². The van der Waals surface area contributed by atoms with Crippen molar-refractivity contribution in [1.29, 1.82) is 0 Å². The fourth-order valence-electron chi connectivity index (χ4n) is 2.02. The second kappa shape index (κ2) is 5.38. The number of benzene rings is 1. The van der Waals surface area contributed by atoms with E-state index in [1.165, 1.54) is 0 Å². The Morgan fingerprint density at radius 1 is 1.28 bits per heavy atom. The maximum absolute atomic E-state index is 12.1. The summed E-state index contributed by atoms with van der Waals surface area (Å²) in [7, 11) is -3.19. The van der Waals surface area contributed by atoms with Gasteiger partial charge in [-0.3, -0.25) is 0 Å². The Morgan fingerprint density at radius 3 is 2.56 bits per heavy atom. The molecule has 1 saturated heterocycles. The average Bonchev–Trinajstić information content (AvgIpc) is 2.40. The van der Waals surface area contributed by atoms with E-state index >= 15 is 0 Å². The van der Waals surface area contributed by atoms with E-state index in [9.17, 15) is 8.42 Å². The maximum Gasteiger partial charge on any atom is 0.216 e. The van der Waals surface area contributed by atoms with Crippen molar-refractivity contribution in [1.82, 2.24) is 4.31 Å². The maximum atomic E-state index is 12.1. The number of morpholine rings is 1. The van der Waals surface area contributed by atoms with Crippen LogP contribution in [0.3, 0.4) is 0 Å². The van der Waals surface area contributed by atoms with Crippen LogP contribution in [0, 0.1) is 0 Å². The zero-order valence-electron chi connectivity index (χ0n) is 10.7. The Balaban J connectivity index is 2.15. The third-order valence-corrected chi connectivity index (χ3v) is 5.40. The Kier molecular flexibility index (Phi) is 4.04. The molecule has 1 heterocycles. The van der Waals surface area contributed by atoms with Gasteiger partial charge in [0, 0.05) is 13.1 Å². The van der Waals surface area contributed by atoms with Crippen molar-refractivity contribution in [2.24, 2.45) is 0 Å². The van der Waals surface area contributed by atoms with Gasteiger partial charge in [0.2, 0.25) is 10.0 Å². The van der Waals surface area contributed by atoms with Crippen molar-refractivity contribution in [3.8, 4) is 0 Å². The minimum absolute atomic E-state index is 0.159. The highest BCUT2D eigenvalue weighted by atomic mass is 32.2. The summed E-state index contributed by atoms with van der Waals surface area (Å²) in [5, 5.41) is -0.382. The molecule has 2 rings (SSSR count). The van der Waals surface area contributed by atoms with E-state index in [1.54, 1.807) is 18.2 Å². The van der Waals surface area contributed by atoms with E-state index in [1.807, 2.05) is 30.3 Å². The molecule has 0 radical (unpaired) electrons. The van der Waals surface area contributed by atoms with Crippen molar-refractivity contribution in [3.63, 3.8) is 0 Å². The number of rotatable bonds is 3. The predicted molar refractivity (Wildman–Crippen MR) is 70.8 cm³/mol. The zero-order chi connectivity index (χ0) is 13.2. The van der Waals surface area contributed by atoms with Gasteiger partial charge >= 0.3 is 0 Å². The molecule has 0 saturated carbocycles. The summed E-state index contributed by atoms with van der Waals surface area (Å²) in [5.41, 5.74) is 1.03. The highest BCUT2D eigenvalue weighted by Crippen LogP contribution is 2.24. The van der Waals surface area contributed by atoms with Crippen LogP contribution in [0.2, 0.25) is 0 Å². The van der Waals surface area contributed by atoms with Gasteiger partial charge in [-0.05, 0) is 19.4 Å². The fourth-order valence-corrected chi connectivity index (χ4v) is 3.29. The lowest BCUT2D eigenvalue weighted by Gasteiger charge is -2.33. The molecule has 0 aliphatic carbocycles. The quantitative estimate of drug-likeness (QED) is 0.840. The third kappa shape index (κ3) is 2.74. The summed E-state index contributed by atoms with van der Waals surface area (Å²) in [6.07, 6.45) is -0.159. The molecule has 1 aliphatic rings. The smallest absolute Gasteiger partial charge is 0.216 e. The second-order valence-corrected chi connectivity index (χ2v) is 7.21. The Bertz CT molecular complexity index is 484. The van der Waals surface area contributed by atoms with Gasteiger partial charge in [0.1, 0.15) is 0 Å². The first-order chi connectivity index (χ1) is 8.51. The molecule has 0 spiro atoms. The first-order valence-electron chi connectivity index (χ1n) is 6.17. The SMILES string of the molecule is CC(C)S(=O)(=O)N1CCOC(c2ccccc2)C1. The number of sulfonamides is 1. The molecule has 5 heteroatoms. The molecule has 0 amide bonds. The van der Waals surface area contributed by atoms with Gasteiger partial charge in [-0.25, -0.2) is 8.42 Å². The van der Waals surface area contributed by atoms with Gasteiger partial charge < -0.3 is 4.74 Å². The first kappa shape index (κ1) is 13.5. The van der Waals surface area contributed by atoms with Gasteiger partial charge in [0.25, 0.3) is 0 Å². The molecule has 1 unspecified atom stereocenters. The summed E-state index contributed by atoms with van der Waals surface area (Å²) < 4.78 is 31.5. The highest BCUT2D eigenvalue weighted by molar-refractivity contribution is 7.89. The minimum atomic E-state index is -3.19. The summed E-state index contributed by atoms with van der Waals surface area (Å²) in [6.45, 7) is 4.73. The second-order valence-electron chi connectivity index (χ2n) is 4.72. The number of hydrogen-bond acceptors (Lipinski definition) is 3. The van der Waals surface area contributed by atoms with E-state index < -0.39 is 10.0 Å². The first-order valence-corrected chi connectivity index (χ1v) is 7.67. The van der Waals surface area contributed by atoms with Crippen LogP contribution in [0.15, 0.2) is 30.3 Å². The van der Waals surface area contributed by atoms with Crippen molar-refractivity contribution >= 4 is 10.0 Å². The normalized spacial score (nSPS) is 22.3. The summed E-state index contributed by atoms with van der Waals surface area (Å²) in [4.78, 5) is 0. The van der Waals surface area contributed by atoms with Crippen LogP contribution in [-0.4, -0.2) is 37.7 Å². The van der Waals surface area contributed by atoms with E-state index in [2.05, 4.69) is 0 Å². The van der Waals surface area contributed by atoms with Crippen molar-refractivity contribution in [2.75, 3.05) is 19.7 Å². The Morgan fingerprint density at radius 2 is 1.94 bits per heavy atom. The van der Waals surface area contributed by atoms with E-state index in [-0.39, 0.29) is 11.4 Å². The summed E-state index contributed by atoms with van der Waals surface area (Å²) in [6, 6.07) is 9.75. The molecule has 4 nitrogen and oxygen atoms in total. The topological polar surface area (TPSA) is 46.6 Å². The fraction of sp³-hybridized carbons (Fsp3) is 0.538. The average molecular weight is 269 g/mol. The molecule has 18 heavy (non-hydrogen) atoms. The lowest BCUT2D eigenvalue weighted by atomic mass is 10.1.